The normalized spacial score (nSPS) is 19.1. The monoisotopic (exact) mass is 335 g/mol. The van der Waals surface area contributed by atoms with Crippen molar-refractivity contribution in [3.63, 3.8) is 0 Å². The van der Waals surface area contributed by atoms with E-state index in [1.807, 2.05) is 0 Å². The molecule has 1 unspecified atom stereocenters. The molecular weight excluding hydrogens is 315 g/mol. The highest BCUT2D eigenvalue weighted by Crippen LogP contribution is 2.37. The van der Waals surface area contributed by atoms with Gasteiger partial charge in [-0.1, -0.05) is 31.4 Å². The second kappa shape index (κ2) is 6.58. The molecule has 2 rings (SSSR count). The highest BCUT2D eigenvalue weighted by atomic mass is 32.2. The van der Waals surface area contributed by atoms with E-state index in [0.29, 0.717) is 5.56 Å². The van der Waals surface area contributed by atoms with Gasteiger partial charge >= 0.3 is 6.18 Å². The van der Waals surface area contributed by atoms with Crippen LogP contribution in [0.15, 0.2) is 24.3 Å². The minimum absolute atomic E-state index is 0.0342. The van der Waals surface area contributed by atoms with E-state index in [1.54, 1.807) is 6.07 Å². The fraction of sp³-hybridized carbons (Fsp3) is 0.600. The van der Waals surface area contributed by atoms with E-state index in [2.05, 4.69) is 4.72 Å². The molecule has 1 atom stereocenters. The van der Waals surface area contributed by atoms with Crippen molar-refractivity contribution in [2.45, 2.75) is 44.3 Å². The smallest absolute Gasteiger partial charge is 0.213 e. The van der Waals surface area contributed by atoms with E-state index in [9.17, 15) is 21.6 Å². The van der Waals surface area contributed by atoms with Crippen LogP contribution in [-0.4, -0.2) is 14.7 Å². The van der Waals surface area contributed by atoms with Crippen LogP contribution in [0, 0.1) is 5.92 Å². The number of hydrogen-bond acceptors (Lipinski definition) is 2. The number of sulfonamides is 1. The summed E-state index contributed by atoms with van der Waals surface area (Å²) in [6.45, 7) is 0. The largest absolute Gasteiger partial charge is 0.416 e. The average molecular weight is 335 g/mol. The van der Waals surface area contributed by atoms with Crippen molar-refractivity contribution in [1.29, 1.82) is 0 Å². The van der Waals surface area contributed by atoms with Crippen molar-refractivity contribution >= 4 is 10.0 Å². The summed E-state index contributed by atoms with van der Waals surface area (Å²) in [5.41, 5.74) is -0.367. The van der Waals surface area contributed by atoms with Crippen molar-refractivity contribution in [1.82, 2.24) is 4.72 Å². The number of benzene rings is 1. The van der Waals surface area contributed by atoms with Crippen LogP contribution in [0.3, 0.4) is 0 Å². The topological polar surface area (TPSA) is 46.2 Å². The van der Waals surface area contributed by atoms with E-state index < -0.39 is 27.8 Å². The molecule has 0 heterocycles. The first-order chi connectivity index (χ1) is 10.2. The molecule has 1 fully saturated rings. The van der Waals surface area contributed by atoms with Crippen molar-refractivity contribution in [2.24, 2.45) is 5.92 Å². The molecule has 0 aromatic heterocycles. The van der Waals surface area contributed by atoms with E-state index in [-0.39, 0.29) is 5.92 Å². The predicted molar refractivity (Wildman–Crippen MR) is 78.7 cm³/mol. The molecule has 0 amide bonds. The van der Waals surface area contributed by atoms with Gasteiger partial charge < -0.3 is 0 Å². The van der Waals surface area contributed by atoms with Crippen LogP contribution in [0.1, 0.15) is 49.3 Å². The molecule has 1 saturated carbocycles. The molecule has 0 spiro atoms. The number of halogens is 3. The van der Waals surface area contributed by atoms with Gasteiger partial charge in [-0.15, -0.1) is 0 Å². The lowest BCUT2D eigenvalue weighted by atomic mass is 9.81. The second-order valence-electron chi connectivity index (χ2n) is 5.89. The molecule has 1 aliphatic rings. The molecule has 0 radical (unpaired) electrons. The van der Waals surface area contributed by atoms with Crippen LogP contribution >= 0.6 is 0 Å². The van der Waals surface area contributed by atoms with Crippen LogP contribution in [0.4, 0.5) is 13.2 Å². The quantitative estimate of drug-likeness (QED) is 0.908. The van der Waals surface area contributed by atoms with Crippen molar-refractivity contribution < 1.29 is 21.6 Å². The van der Waals surface area contributed by atoms with Gasteiger partial charge in [0.1, 0.15) is 0 Å². The molecule has 1 aromatic rings. The summed E-state index contributed by atoms with van der Waals surface area (Å²) < 4.78 is 64.4. The van der Waals surface area contributed by atoms with Gasteiger partial charge in [-0.2, -0.15) is 13.2 Å². The van der Waals surface area contributed by atoms with Gasteiger partial charge in [-0.05, 0) is 36.5 Å². The molecule has 0 saturated heterocycles. The molecule has 124 valence electrons. The van der Waals surface area contributed by atoms with E-state index in [4.69, 9.17) is 0 Å². The van der Waals surface area contributed by atoms with Gasteiger partial charge in [0.05, 0.1) is 11.8 Å². The highest BCUT2D eigenvalue weighted by molar-refractivity contribution is 7.88. The molecule has 1 aromatic carbocycles. The number of nitrogens with one attached hydrogen (secondary N) is 1. The first kappa shape index (κ1) is 17.3. The van der Waals surface area contributed by atoms with E-state index in [0.717, 1.165) is 50.5 Å². The van der Waals surface area contributed by atoms with Crippen molar-refractivity contribution in [3.8, 4) is 0 Å². The molecule has 22 heavy (non-hydrogen) atoms. The predicted octanol–water partition coefficient (Wildman–Crippen LogP) is 3.88. The SMILES string of the molecule is CS(=O)(=O)NC(c1cccc(C(F)(F)F)c1)C1CCCCC1. The Kier molecular flexibility index (Phi) is 5.17. The van der Waals surface area contributed by atoms with Gasteiger partial charge in [0.25, 0.3) is 0 Å². The summed E-state index contributed by atoms with van der Waals surface area (Å²) in [4.78, 5) is 0. The number of rotatable bonds is 4. The minimum atomic E-state index is -4.43. The summed E-state index contributed by atoms with van der Waals surface area (Å²) in [7, 11) is -3.50. The lowest BCUT2D eigenvalue weighted by molar-refractivity contribution is -0.137. The first-order valence-corrected chi connectivity index (χ1v) is 9.20. The second-order valence-corrected chi connectivity index (χ2v) is 7.67. The van der Waals surface area contributed by atoms with Crippen LogP contribution in [0.25, 0.3) is 0 Å². The van der Waals surface area contributed by atoms with Gasteiger partial charge in [-0.25, -0.2) is 13.1 Å². The van der Waals surface area contributed by atoms with Crippen molar-refractivity contribution in [3.05, 3.63) is 35.4 Å². The van der Waals surface area contributed by atoms with Crippen LogP contribution in [-0.2, 0) is 16.2 Å². The Hall–Kier alpha value is -1.08. The summed E-state index contributed by atoms with van der Waals surface area (Å²) in [6, 6.07) is 4.35. The van der Waals surface area contributed by atoms with Crippen molar-refractivity contribution in [2.75, 3.05) is 6.26 Å². The average Bonchev–Trinajstić information content (AvgIpc) is 2.44. The maximum absolute atomic E-state index is 12.9. The summed E-state index contributed by atoms with van der Waals surface area (Å²) in [6.07, 6.45) is 1.29. The summed E-state index contributed by atoms with van der Waals surface area (Å²) >= 11 is 0. The Bertz CT molecular complexity index is 607. The Balaban J connectivity index is 2.35. The van der Waals surface area contributed by atoms with Gasteiger partial charge in [0, 0.05) is 6.04 Å². The molecule has 7 heteroatoms. The zero-order valence-electron chi connectivity index (χ0n) is 12.4. The Morgan fingerprint density at radius 3 is 2.36 bits per heavy atom. The number of alkyl halides is 3. The first-order valence-electron chi connectivity index (χ1n) is 7.31. The molecule has 1 N–H and O–H groups in total. The lowest BCUT2D eigenvalue weighted by Gasteiger charge is -2.31. The molecule has 3 nitrogen and oxygen atoms in total. The molecule has 0 aliphatic heterocycles. The Morgan fingerprint density at radius 1 is 1.18 bits per heavy atom. The minimum Gasteiger partial charge on any atom is -0.213 e. The highest BCUT2D eigenvalue weighted by Gasteiger charge is 2.33. The molecule has 1 aliphatic carbocycles. The van der Waals surface area contributed by atoms with Crippen LogP contribution in [0.5, 0.6) is 0 Å². The summed E-state index contributed by atoms with van der Waals surface area (Å²) in [5, 5.41) is 0. The van der Waals surface area contributed by atoms with E-state index in [1.165, 1.54) is 6.07 Å². The third-order valence-electron chi connectivity index (χ3n) is 4.04. The maximum atomic E-state index is 12.9. The lowest BCUT2D eigenvalue weighted by Crippen LogP contribution is -2.33. The molecule has 0 bridgehead atoms. The summed E-state index contributed by atoms with van der Waals surface area (Å²) in [5.74, 6) is 0.0342. The van der Waals surface area contributed by atoms with Crippen LogP contribution in [0.2, 0.25) is 0 Å². The Morgan fingerprint density at radius 2 is 1.82 bits per heavy atom. The van der Waals surface area contributed by atoms with E-state index >= 15 is 0 Å². The van der Waals surface area contributed by atoms with Crippen LogP contribution < -0.4 is 4.72 Å². The maximum Gasteiger partial charge on any atom is 0.416 e. The third-order valence-corrected chi connectivity index (χ3v) is 4.72. The Labute approximate surface area is 129 Å². The third kappa shape index (κ3) is 4.71. The zero-order chi connectivity index (χ0) is 16.4. The fourth-order valence-electron chi connectivity index (χ4n) is 3.04. The standard InChI is InChI=1S/C15H20F3NO2S/c1-22(20,21)19-14(11-6-3-2-4-7-11)12-8-5-9-13(10-12)15(16,17)18/h5,8-11,14,19H,2-4,6-7H2,1H3. The zero-order valence-corrected chi connectivity index (χ0v) is 13.2. The number of hydrogen-bond donors (Lipinski definition) is 1. The fourth-order valence-corrected chi connectivity index (χ4v) is 3.83. The molecular formula is C15H20F3NO2S. The van der Waals surface area contributed by atoms with Gasteiger partial charge in [0.15, 0.2) is 0 Å². The van der Waals surface area contributed by atoms with Gasteiger partial charge in [-0.3, -0.25) is 0 Å². The van der Waals surface area contributed by atoms with Gasteiger partial charge in [0.2, 0.25) is 10.0 Å².